The molecule has 0 unspecified atom stereocenters. The smallest absolute Gasteiger partial charge is 0.326 e. The second-order valence-corrected chi connectivity index (χ2v) is 7.44. The van der Waals surface area contributed by atoms with Crippen LogP contribution >= 0.6 is 0 Å². The number of carboxylic acid groups (broad SMARTS) is 1. The molecule has 1 aromatic heterocycles. The average Bonchev–Trinajstić information content (AvgIpc) is 3.26. The zero-order valence-electron chi connectivity index (χ0n) is 17.3. The maximum Gasteiger partial charge on any atom is 0.326 e. The Bertz CT molecular complexity index is 1330. The summed E-state index contributed by atoms with van der Waals surface area (Å²) < 4.78 is 13.9. The Labute approximate surface area is 188 Å². The van der Waals surface area contributed by atoms with Crippen molar-refractivity contribution in [2.45, 2.75) is 12.5 Å². The van der Waals surface area contributed by atoms with Gasteiger partial charge >= 0.3 is 5.97 Å². The Morgan fingerprint density at radius 3 is 2.36 bits per heavy atom. The van der Waals surface area contributed by atoms with Crippen molar-refractivity contribution in [3.8, 4) is 0 Å². The lowest BCUT2D eigenvalue weighted by atomic mass is 10.1. The summed E-state index contributed by atoms with van der Waals surface area (Å²) in [4.78, 5) is 40.1. The minimum Gasteiger partial charge on any atom is -0.480 e. The Balaban J connectivity index is 1.53. The molecule has 2 amide bonds. The minimum atomic E-state index is -1.17. The molecule has 0 saturated carbocycles. The van der Waals surface area contributed by atoms with Gasteiger partial charge in [-0.25, -0.2) is 9.18 Å². The van der Waals surface area contributed by atoms with E-state index in [1.54, 1.807) is 48.5 Å². The molecule has 4 aromatic rings. The first kappa shape index (κ1) is 21.8. The molecule has 4 rings (SSSR count). The van der Waals surface area contributed by atoms with Gasteiger partial charge in [0.2, 0.25) is 0 Å². The molecule has 0 aliphatic heterocycles. The molecule has 4 N–H and O–H groups in total. The number of carbonyl (C=O) groups is 3. The fraction of sp³-hybridized carbons (Fsp3) is 0.0800. The number of hydrogen-bond acceptors (Lipinski definition) is 3. The number of aliphatic carboxylic acids is 1. The monoisotopic (exact) mass is 445 g/mol. The lowest BCUT2D eigenvalue weighted by Crippen LogP contribution is -2.42. The highest BCUT2D eigenvalue weighted by Crippen LogP contribution is 2.21. The van der Waals surface area contributed by atoms with Crippen LogP contribution in [0.15, 0.2) is 78.9 Å². The third kappa shape index (κ3) is 4.90. The van der Waals surface area contributed by atoms with Gasteiger partial charge in [0, 0.05) is 11.8 Å². The summed E-state index contributed by atoms with van der Waals surface area (Å²) in [5.41, 5.74) is 1.39. The zero-order valence-corrected chi connectivity index (χ0v) is 17.3. The van der Waals surface area contributed by atoms with Gasteiger partial charge in [-0.05, 0) is 29.8 Å². The van der Waals surface area contributed by atoms with Crippen molar-refractivity contribution in [2.24, 2.45) is 0 Å². The van der Waals surface area contributed by atoms with Crippen LogP contribution in [-0.4, -0.2) is 33.9 Å². The molecule has 0 spiro atoms. The standard InChI is InChI=1S/C25H20FN3O4/c26-18-11-6-9-16-14-20(27-22(16)18)24(31)28-19-12-5-4-10-17(19)23(30)29-21(25(32)33)13-15-7-2-1-3-8-15/h1-12,14,21,27H,13H2,(H,28,31)(H,29,30)(H,32,33)/t21-/m1/s1. The van der Waals surface area contributed by atoms with Crippen LogP contribution in [0.2, 0.25) is 0 Å². The van der Waals surface area contributed by atoms with Crippen LogP contribution in [0.5, 0.6) is 0 Å². The summed E-state index contributed by atoms with van der Waals surface area (Å²) in [6, 6.07) is 20.1. The van der Waals surface area contributed by atoms with E-state index in [-0.39, 0.29) is 28.9 Å². The summed E-state index contributed by atoms with van der Waals surface area (Å²) in [7, 11) is 0. The van der Waals surface area contributed by atoms with E-state index < -0.39 is 29.6 Å². The summed E-state index contributed by atoms with van der Waals surface area (Å²) in [5, 5.41) is 15.3. The van der Waals surface area contributed by atoms with E-state index in [0.29, 0.717) is 5.39 Å². The van der Waals surface area contributed by atoms with Crippen molar-refractivity contribution < 1.29 is 23.9 Å². The normalized spacial score (nSPS) is 11.7. The van der Waals surface area contributed by atoms with Gasteiger partial charge in [0.25, 0.3) is 11.8 Å². The molecule has 0 aliphatic rings. The number of halogens is 1. The molecule has 0 aliphatic carbocycles. The number of anilines is 1. The van der Waals surface area contributed by atoms with E-state index in [0.717, 1.165) is 5.56 Å². The van der Waals surface area contributed by atoms with Crippen LogP contribution in [0.25, 0.3) is 10.9 Å². The molecule has 0 radical (unpaired) electrons. The first-order valence-corrected chi connectivity index (χ1v) is 10.2. The number of carbonyl (C=O) groups excluding carboxylic acids is 2. The number of carboxylic acids is 1. The number of aromatic amines is 1. The van der Waals surface area contributed by atoms with Gasteiger partial charge in [0.1, 0.15) is 17.6 Å². The molecule has 8 heteroatoms. The number of rotatable bonds is 7. The maximum atomic E-state index is 13.9. The number of amides is 2. The van der Waals surface area contributed by atoms with Crippen LogP contribution in [0.4, 0.5) is 10.1 Å². The van der Waals surface area contributed by atoms with E-state index in [1.807, 2.05) is 6.07 Å². The highest BCUT2D eigenvalue weighted by atomic mass is 19.1. The lowest BCUT2D eigenvalue weighted by molar-refractivity contribution is -0.139. The summed E-state index contributed by atoms with van der Waals surface area (Å²) >= 11 is 0. The van der Waals surface area contributed by atoms with Crippen molar-refractivity contribution >= 4 is 34.4 Å². The van der Waals surface area contributed by atoms with E-state index in [2.05, 4.69) is 15.6 Å². The molecule has 0 saturated heterocycles. The molecule has 0 fully saturated rings. The zero-order chi connectivity index (χ0) is 23.4. The topological polar surface area (TPSA) is 111 Å². The van der Waals surface area contributed by atoms with Gasteiger partial charge < -0.3 is 20.7 Å². The molecular formula is C25H20FN3O4. The van der Waals surface area contributed by atoms with Gasteiger partial charge in [0.05, 0.1) is 16.8 Å². The fourth-order valence-electron chi connectivity index (χ4n) is 3.51. The minimum absolute atomic E-state index is 0.104. The number of fused-ring (bicyclic) bond motifs is 1. The second-order valence-electron chi connectivity index (χ2n) is 7.44. The van der Waals surface area contributed by atoms with Crippen molar-refractivity contribution in [2.75, 3.05) is 5.32 Å². The van der Waals surface area contributed by atoms with Crippen molar-refractivity contribution in [3.63, 3.8) is 0 Å². The molecular weight excluding hydrogens is 425 g/mol. The first-order valence-electron chi connectivity index (χ1n) is 10.2. The van der Waals surface area contributed by atoms with Crippen LogP contribution in [0, 0.1) is 5.82 Å². The predicted octanol–water partition coefficient (Wildman–Crippen LogP) is 3.99. The number of para-hydroxylation sites is 2. The fourth-order valence-corrected chi connectivity index (χ4v) is 3.51. The van der Waals surface area contributed by atoms with E-state index >= 15 is 0 Å². The Morgan fingerprint density at radius 2 is 1.64 bits per heavy atom. The highest BCUT2D eigenvalue weighted by molar-refractivity contribution is 6.10. The third-order valence-corrected chi connectivity index (χ3v) is 5.16. The second kappa shape index (κ2) is 9.35. The highest BCUT2D eigenvalue weighted by Gasteiger charge is 2.23. The van der Waals surface area contributed by atoms with Crippen LogP contribution in [-0.2, 0) is 11.2 Å². The molecule has 166 valence electrons. The SMILES string of the molecule is O=C(Nc1ccccc1C(=O)N[C@H](Cc1ccccc1)C(=O)O)c1cc2cccc(F)c2[nH]1. The average molecular weight is 445 g/mol. The molecule has 7 nitrogen and oxygen atoms in total. The molecule has 33 heavy (non-hydrogen) atoms. The van der Waals surface area contributed by atoms with Gasteiger partial charge in [0.15, 0.2) is 0 Å². The Morgan fingerprint density at radius 1 is 0.909 bits per heavy atom. The first-order chi connectivity index (χ1) is 15.9. The van der Waals surface area contributed by atoms with Crippen LogP contribution in [0.1, 0.15) is 26.4 Å². The third-order valence-electron chi connectivity index (χ3n) is 5.16. The Kier molecular flexibility index (Phi) is 6.17. The van der Waals surface area contributed by atoms with Crippen LogP contribution < -0.4 is 10.6 Å². The summed E-state index contributed by atoms with van der Waals surface area (Å²) in [6.07, 6.45) is 0.108. The van der Waals surface area contributed by atoms with Crippen molar-refractivity contribution in [1.82, 2.24) is 10.3 Å². The van der Waals surface area contributed by atoms with Gasteiger partial charge in [-0.1, -0.05) is 54.6 Å². The van der Waals surface area contributed by atoms with E-state index in [4.69, 9.17) is 0 Å². The van der Waals surface area contributed by atoms with E-state index in [1.165, 1.54) is 24.3 Å². The van der Waals surface area contributed by atoms with Gasteiger partial charge in [-0.2, -0.15) is 0 Å². The van der Waals surface area contributed by atoms with Gasteiger partial charge in [-0.3, -0.25) is 9.59 Å². The number of hydrogen-bond donors (Lipinski definition) is 4. The number of benzene rings is 3. The largest absolute Gasteiger partial charge is 0.480 e. The predicted molar refractivity (Wildman–Crippen MR) is 122 cm³/mol. The summed E-state index contributed by atoms with van der Waals surface area (Å²) in [6.45, 7) is 0. The number of nitrogens with one attached hydrogen (secondary N) is 3. The quantitative estimate of drug-likeness (QED) is 0.345. The molecule has 1 atom stereocenters. The number of H-pyrrole nitrogens is 1. The summed E-state index contributed by atoms with van der Waals surface area (Å²) in [5.74, 6) is -2.86. The van der Waals surface area contributed by atoms with Crippen molar-refractivity contribution in [3.05, 3.63) is 102 Å². The van der Waals surface area contributed by atoms with Gasteiger partial charge in [-0.15, -0.1) is 0 Å². The maximum absolute atomic E-state index is 13.9. The van der Waals surface area contributed by atoms with E-state index in [9.17, 15) is 23.9 Å². The van der Waals surface area contributed by atoms with Crippen molar-refractivity contribution in [1.29, 1.82) is 0 Å². The molecule has 0 bridgehead atoms. The van der Waals surface area contributed by atoms with Crippen LogP contribution in [0.3, 0.4) is 0 Å². The number of aromatic nitrogens is 1. The lowest BCUT2D eigenvalue weighted by Gasteiger charge is -2.16. The molecule has 3 aromatic carbocycles. The Hall–Kier alpha value is -4.46. The molecule has 1 heterocycles.